The fraction of sp³-hybridized carbons (Fsp3) is 0.0370. The van der Waals surface area contributed by atoms with Crippen LogP contribution in [-0.2, 0) is 4.79 Å². The predicted molar refractivity (Wildman–Crippen MR) is 128 cm³/mol. The largest absolute Gasteiger partial charge is 0.496 e. The van der Waals surface area contributed by atoms with Gasteiger partial charge in [-0.3, -0.25) is 9.59 Å². The highest BCUT2D eigenvalue weighted by molar-refractivity contribution is 6.10. The number of rotatable bonds is 7. The molecule has 0 bridgehead atoms. The summed E-state index contributed by atoms with van der Waals surface area (Å²) in [6.07, 6.45) is 2.98. The molecule has 164 valence electrons. The van der Waals surface area contributed by atoms with Crippen molar-refractivity contribution in [1.82, 2.24) is 5.32 Å². The Bertz CT molecular complexity index is 1260. The summed E-state index contributed by atoms with van der Waals surface area (Å²) in [7, 11) is 1.60. The quantitative estimate of drug-likeness (QED) is 0.381. The zero-order valence-electron chi connectivity index (χ0n) is 17.9. The van der Waals surface area contributed by atoms with E-state index < -0.39 is 11.8 Å². The molecule has 0 atom stereocenters. The molecule has 0 spiro atoms. The van der Waals surface area contributed by atoms with Crippen LogP contribution < -0.4 is 15.4 Å². The molecule has 2 amide bonds. The van der Waals surface area contributed by atoms with Crippen LogP contribution in [0.5, 0.6) is 5.75 Å². The number of carbonyl (C=O) groups excluding carboxylic acids is 2. The average molecular weight is 438 g/mol. The number of ether oxygens (including phenoxy) is 1. The van der Waals surface area contributed by atoms with Gasteiger partial charge in [0.15, 0.2) is 0 Å². The van der Waals surface area contributed by atoms with Gasteiger partial charge in [-0.15, -0.1) is 0 Å². The number of amides is 2. The van der Waals surface area contributed by atoms with Crippen LogP contribution in [0.15, 0.2) is 107 Å². The van der Waals surface area contributed by atoms with Gasteiger partial charge in [-0.2, -0.15) is 0 Å². The number of nitrogens with one attached hydrogen (secondary N) is 2. The zero-order chi connectivity index (χ0) is 23.0. The molecule has 0 fully saturated rings. The summed E-state index contributed by atoms with van der Waals surface area (Å²) in [5.41, 5.74) is 2.83. The lowest BCUT2D eigenvalue weighted by Crippen LogP contribution is -2.30. The molecule has 4 rings (SSSR count). The second kappa shape index (κ2) is 10.2. The van der Waals surface area contributed by atoms with Gasteiger partial charge in [0.25, 0.3) is 11.8 Å². The van der Waals surface area contributed by atoms with Gasteiger partial charge in [-0.05, 0) is 48.0 Å². The van der Waals surface area contributed by atoms with E-state index in [-0.39, 0.29) is 5.70 Å². The molecule has 33 heavy (non-hydrogen) atoms. The van der Waals surface area contributed by atoms with Crippen molar-refractivity contribution in [2.75, 3.05) is 12.4 Å². The lowest BCUT2D eigenvalue weighted by Gasteiger charge is -2.14. The Balaban J connectivity index is 1.61. The lowest BCUT2D eigenvalue weighted by molar-refractivity contribution is -0.113. The van der Waals surface area contributed by atoms with E-state index in [2.05, 4.69) is 10.6 Å². The zero-order valence-corrected chi connectivity index (χ0v) is 17.9. The number of hydrogen-bond acceptors (Lipinski definition) is 4. The van der Waals surface area contributed by atoms with Crippen LogP contribution in [0, 0.1) is 0 Å². The minimum atomic E-state index is -0.486. The van der Waals surface area contributed by atoms with Gasteiger partial charge >= 0.3 is 0 Å². The molecule has 0 aliphatic carbocycles. The summed E-state index contributed by atoms with van der Waals surface area (Å²) in [5.74, 6) is 0.235. The second-order valence-corrected chi connectivity index (χ2v) is 7.13. The van der Waals surface area contributed by atoms with E-state index >= 15 is 0 Å². The maximum Gasteiger partial charge on any atom is 0.272 e. The van der Waals surface area contributed by atoms with Crippen LogP contribution in [0.25, 0.3) is 17.2 Å². The molecule has 1 aromatic heterocycles. The molecule has 0 aliphatic heterocycles. The summed E-state index contributed by atoms with van der Waals surface area (Å²) in [4.78, 5) is 25.8. The van der Waals surface area contributed by atoms with E-state index in [0.717, 1.165) is 11.1 Å². The first-order chi connectivity index (χ1) is 16.1. The number of benzene rings is 3. The molecule has 6 nitrogen and oxygen atoms in total. The Labute approximate surface area is 191 Å². The molecule has 3 aromatic carbocycles. The molecule has 4 aromatic rings. The van der Waals surface area contributed by atoms with Crippen molar-refractivity contribution in [3.63, 3.8) is 0 Å². The van der Waals surface area contributed by atoms with E-state index in [0.29, 0.717) is 22.8 Å². The summed E-state index contributed by atoms with van der Waals surface area (Å²) < 4.78 is 10.8. The molecule has 0 saturated carbocycles. The number of carbonyl (C=O) groups is 2. The Morgan fingerprint density at radius 3 is 2.27 bits per heavy atom. The SMILES string of the molecule is COc1ccc(NC(=O)C(=Cc2ccco2)NC(=O)c2ccccc2)cc1-c1ccccc1. The van der Waals surface area contributed by atoms with Crippen molar-refractivity contribution in [1.29, 1.82) is 0 Å². The minimum Gasteiger partial charge on any atom is -0.496 e. The van der Waals surface area contributed by atoms with Crippen molar-refractivity contribution in [2.45, 2.75) is 0 Å². The summed E-state index contributed by atoms with van der Waals surface area (Å²) in [6, 6.07) is 27.2. The second-order valence-electron chi connectivity index (χ2n) is 7.13. The first-order valence-electron chi connectivity index (χ1n) is 10.3. The van der Waals surface area contributed by atoms with Crippen molar-refractivity contribution in [3.8, 4) is 16.9 Å². The Hall–Kier alpha value is -4.58. The highest BCUT2D eigenvalue weighted by Gasteiger charge is 2.16. The van der Waals surface area contributed by atoms with Crippen molar-refractivity contribution < 1.29 is 18.7 Å². The third-order valence-electron chi connectivity index (χ3n) is 4.90. The number of anilines is 1. The molecule has 2 N–H and O–H groups in total. The van der Waals surface area contributed by atoms with Crippen LogP contribution in [0.4, 0.5) is 5.69 Å². The first-order valence-corrected chi connectivity index (χ1v) is 10.3. The van der Waals surface area contributed by atoms with Gasteiger partial charge in [0.05, 0.1) is 13.4 Å². The molecular formula is C27H22N2O4. The van der Waals surface area contributed by atoms with Crippen LogP contribution in [0.1, 0.15) is 16.1 Å². The fourth-order valence-corrected chi connectivity index (χ4v) is 3.29. The van der Waals surface area contributed by atoms with Gasteiger partial charge in [0.1, 0.15) is 17.2 Å². The molecule has 1 heterocycles. The third-order valence-corrected chi connectivity index (χ3v) is 4.90. The van der Waals surface area contributed by atoms with E-state index in [1.54, 1.807) is 55.6 Å². The number of hydrogen-bond donors (Lipinski definition) is 2. The topological polar surface area (TPSA) is 80.6 Å². The number of methoxy groups -OCH3 is 1. The Morgan fingerprint density at radius 1 is 0.879 bits per heavy atom. The van der Waals surface area contributed by atoms with Gasteiger partial charge in [-0.1, -0.05) is 48.5 Å². The van der Waals surface area contributed by atoms with Crippen LogP contribution in [0.2, 0.25) is 0 Å². The van der Waals surface area contributed by atoms with E-state index in [1.807, 2.05) is 42.5 Å². The summed E-state index contributed by atoms with van der Waals surface area (Å²) >= 11 is 0. The lowest BCUT2D eigenvalue weighted by atomic mass is 10.0. The maximum absolute atomic E-state index is 13.1. The maximum atomic E-state index is 13.1. The monoisotopic (exact) mass is 438 g/mol. The van der Waals surface area contributed by atoms with Crippen molar-refractivity contribution >= 4 is 23.6 Å². The molecule has 0 saturated heterocycles. The predicted octanol–water partition coefficient (Wildman–Crippen LogP) is 5.36. The van der Waals surface area contributed by atoms with Crippen LogP contribution >= 0.6 is 0 Å². The highest BCUT2D eigenvalue weighted by Crippen LogP contribution is 2.32. The van der Waals surface area contributed by atoms with Crippen LogP contribution in [0.3, 0.4) is 0 Å². The van der Waals surface area contributed by atoms with Gasteiger partial charge in [-0.25, -0.2) is 0 Å². The van der Waals surface area contributed by atoms with Gasteiger partial charge in [0.2, 0.25) is 0 Å². The van der Waals surface area contributed by atoms with Crippen LogP contribution in [-0.4, -0.2) is 18.9 Å². The van der Waals surface area contributed by atoms with E-state index in [4.69, 9.17) is 9.15 Å². The third kappa shape index (κ3) is 5.37. The standard InChI is InChI=1S/C27H22N2O4/c1-32-25-15-14-21(17-23(25)19-9-4-2-5-10-19)28-27(31)24(18-22-13-8-16-33-22)29-26(30)20-11-6-3-7-12-20/h2-18H,1H3,(H,28,31)(H,29,30). The van der Waals surface area contributed by atoms with E-state index in [9.17, 15) is 9.59 Å². The molecular weight excluding hydrogens is 416 g/mol. The average Bonchev–Trinajstić information content (AvgIpc) is 3.38. The normalized spacial score (nSPS) is 11.0. The molecule has 0 aliphatic rings. The summed E-state index contributed by atoms with van der Waals surface area (Å²) in [6.45, 7) is 0. The van der Waals surface area contributed by atoms with Gasteiger partial charge < -0.3 is 19.8 Å². The minimum absolute atomic E-state index is 0.0517. The summed E-state index contributed by atoms with van der Waals surface area (Å²) in [5, 5.41) is 5.54. The molecule has 6 heteroatoms. The number of furan rings is 1. The molecule has 0 unspecified atom stereocenters. The van der Waals surface area contributed by atoms with E-state index in [1.165, 1.54) is 12.3 Å². The fourth-order valence-electron chi connectivity index (χ4n) is 3.29. The first kappa shape index (κ1) is 21.6. The Kier molecular flexibility index (Phi) is 6.66. The smallest absolute Gasteiger partial charge is 0.272 e. The molecule has 0 radical (unpaired) electrons. The van der Waals surface area contributed by atoms with Crippen molar-refractivity contribution in [3.05, 3.63) is 114 Å². The Morgan fingerprint density at radius 2 is 1.61 bits per heavy atom. The van der Waals surface area contributed by atoms with Crippen molar-refractivity contribution in [2.24, 2.45) is 0 Å². The highest BCUT2D eigenvalue weighted by atomic mass is 16.5. The van der Waals surface area contributed by atoms with Gasteiger partial charge in [0, 0.05) is 22.9 Å².